The summed E-state index contributed by atoms with van der Waals surface area (Å²) in [5.41, 5.74) is 4.39. The van der Waals surface area contributed by atoms with Crippen molar-refractivity contribution in [3.05, 3.63) is 60.0 Å². The summed E-state index contributed by atoms with van der Waals surface area (Å²) in [7, 11) is -3.10. The Morgan fingerprint density at radius 2 is 1.76 bits per heavy atom. The zero-order valence-electron chi connectivity index (χ0n) is 16.5. The molecule has 7 nitrogen and oxygen atoms in total. The molecular formula is C21H25N5O2S. The molecule has 0 amide bonds. The van der Waals surface area contributed by atoms with Crippen molar-refractivity contribution < 1.29 is 8.42 Å². The van der Waals surface area contributed by atoms with E-state index in [0.29, 0.717) is 13.1 Å². The number of hydrogen-bond acceptors (Lipinski definition) is 5. The summed E-state index contributed by atoms with van der Waals surface area (Å²) in [5, 5.41) is 4.81. The lowest BCUT2D eigenvalue weighted by atomic mass is 9.62. The summed E-state index contributed by atoms with van der Waals surface area (Å²) in [4.78, 5) is 6.67. The van der Waals surface area contributed by atoms with Gasteiger partial charge in [-0.25, -0.2) is 17.9 Å². The summed E-state index contributed by atoms with van der Waals surface area (Å²) < 4.78 is 26.8. The zero-order chi connectivity index (χ0) is 20.1. The van der Waals surface area contributed by atoms with Crippen LogP contribution in [0, 0.1) is 0 Å². The second-order valence-corrected chi connectivity index (χ2v) is 10.1. The monoisotopic (exact) mass is 411 g/mol. The van der Waals surface area contributed by atoms with Crippen molar-refractivity contribution in [2.24, 2.45) is 0 Å². The van der Waals surface area contributed by atoms with Crippen molar-refractivity contribution in [3.63, 3.8) is 0 Å². The summed E-state index contributed by atoms with van der Waals surface area (Å²) in [6.45, 7) is 2.52. The smallest absolute Gasteiger partial charge is 0.211 e. The molecule has 152 valence electrons. The maximum atomic E-state index is 11.7. The molecule has 3 heterocycles. The van der Waals surface area contributed by atoms with Gasteiger partial charge in [0.15, 0.2) is 5.65 Å². The fraction of sp³-hybridized carbons (Fsp3) is 0.429. The molecule has 1 aliphatic heterocycles. The van der Waals surface area contributed by atoms with Crippen molar-refractivity contribution in [1.29, 1.82) is 0 Å². The second-order valence-electron chi connectivity index (χ2n) is 8.08. The van der Waals surface area contributed by atoms with Crippen molar-refractivity contribution >= 4 is 21.4 Å². The first-order valence-electron chi connectivity index (χ1n) is 10.1. The first-order valence-corrected chi connectivity index (χ1v) is 11.9. The van der Waals surface area contributed by atoms with Crippen LogP contribution < -0.4 is 4.90 Å². The molecule has 2 aromatic heterocycles. The molecule has 5 rings (SSSR count). The Bertz CT molecular complexity index is 1090. The van der Waals surface area contributed by atoms with Crippen molar-refractivity contribution in [3.8, 4) is 0 Å². The molecule has 1 aromatic carbocycles. The first-order chi connectivity index (χ1) is 14.0. The average Bonchev–Trinajstić information content (AvgIpc) is 3.11. The number of piperazine rings is 1. The van der Waals surface area contributed by atoms with Gasteiger partial charge >= 0.3 is 0 Å². The topological polar surface area (TPSA) is 70.8 Å². The van der Waals surface area contributed by atoms with Crippen LogP contribution in [0.4, 0.5) is 5.69 Å². The molecule has 29 heavy (non-hydrogen) atoms. The third kappa shape index (κ3) is 3.20. The van der Waals surface area contributed by atoms with Gasteiger partial charge in [-0.05, 0) is 36.6 Å². The van der Waals surface area contributed by atoms with Gasteiger partial charge in [-0.15, -0.1) is 0 Å². The highest BCUT2D eigenvalue weighted by atomic mass is 32.2. The Morgan fingerprint density at radius 3 is 2.34 bits per heavy atom. The number of rotatable bonds is 4. The van der Waals surface area contributed by atoms with E-state index in [9.17, 15) is 8.42 Å². The number of anilines is 1. The van der Waals surface area contributed by atoms with Gasteiger partial charge in [0.2, 0.25) is 10.0 Å². The van der Waals surface area contributed by atoms with Crippen molar-refractivity contribution in [2.45, 2.75) is 24.7 Å². The van der Waals surface area contributed by atoms with E-state index in [4.69, 9.17) is 5.10 Å². The summed E-state index contributed by atoms with van der Waals surface area (Å²) in [6, 6.07) is 12.8. The van der Waals surface area contributed by atoms with Crippen LogP contribution in [0.2, 0.25) is 0 Å². The molecule has 0 N–H and O–H groups in total. The van der Waals surface area contributed by atoms with Crippen LogP contribution in [-0.4, -0.2) is 59.8 Å². The van der Waals surface area contributed by atoms with Gasteiger partial charge in [-0.3, -0.25) is 0 Å². The lowest BCUT2D eigenvalue weighted by molar-refractivity contribution is 0.292. The molecule has 2 aliphatic rings. The predicted molar refractivity (Wildman–Crippen MR) is 113 cm³/mol. The highest BCUT2D eigenvalue weighted by Gasteiger charge is 2.42. The number of nitrogens with zero attached hydrogens (tertiary/aromatic N) is 5. The molecule has 1 saturated carbocycles. The Balaban J connectivity index is 1.38. The van der Waals surface area contributed by atoms with Gasteiger partial charge < -0.3 is 4.90 Å². The quantitative estimate of drug-likeness (QED) is 0.659. The van der Waals surface area contributed by atoms with Gasteiger partial charge in [0.05, 0.1) is 11.9 Å². The Kier molecular flexibility index (Phi) is 4.36. The molecular weight excluding hydrogens is 386 g/mol. The molecule has 8 heteroatoms. The molecule has 0 atom stereocenters. The number of aromatic nitrogens is 3. The lowest BCUT2D eigenvalue weighted by Crippen LogP contribution is -2.48. The number of hydrogen-bond donors (Lipinski definition) is 0. The van der Waals surface area contributed by atoms with Gasteiger partial charge in [-0.1, -0.05) is 18.6 Å². The van der Waals surface area contributed by atoms with E-state index >= 15 is 0 Å². The van der Waals surface area contributed by atoms with E-state index in [1.807, 2.05) is 16.8 Å². The highest BCUT2D eigenvalue weighted by molar-refractivity contribution is 7.88. The van der Waals surface area contributed by atoms with Crippen LogP contribution in [0.3, 0.4) is 0 Å². The van der Waals surface area contributed by atoms with Crippen LogP contribution in [-0.2, 0) is 15.4 Å². The second kappa shape index (κ2) is 6.81. The van der Waals surface area contributed by atoms with E-state index in [0.717, 1.165) is 43.0 Å². The molecule has 0 bridgehead atoms. The highest BCUT2D eigenvalue weighted by Crippen LogP contribution is 2.48. The summed E-state index contributed by atoms with van der Waals surface area (Å²) >= 11 is 0. The summed E-state index contributed by atoms with van der Waals surface area (Å²) in [5.74, 6) is 0. The van der Waals surface area contributed by atoms with E-state index in [1.165, 1.54) is 18.2 Å². The van der Waals surface area contributed by atoms with Crippen LogP contribution in [0.1, 0.15) is 30.5 Å². The first kappa shape index (κ1) is 18.6. The molecule has 0 spiro atoms. The molecule has 1 aliphatic carbocycles. The van der Waals surface area contributed by atoms with Gasteiger partial charge in [0.1, 0.15) is 0 Å². The third-order valence-electron chi connectivity index (χ3n) is 6.43. The molecule has 0 unspecified atom stereocenters. The van der Waals surface area contributed by atoms with E-state index in [2.05, 4.69) is 40.2 Å². The Labute approximate surface area is 171 Å². The maximum absolute atomic E-state index is 11.7. The van der Waals surface area contributed by atoms with Crippen molar-refractivity contribution in [1.82, 2.24) is 18.9 Å². The van der Waals surface area contributed by atoms with Gasteiger partial charge in [0.25, 0.3) is 0 Å². The lowest BCUT2D eigenvalue weighted by Gasteiger charge is -2.41. The number of benzene rings is 1. The zero-order valence-corrected chi connectivity index (χ0v) is 17.3. The fourth-order valence-corrected chi connectivity index (χ4v) is 5.38. The van der Waals surface area contributed by atoms with Gasteiger partial charge in [0, 0.05) is 55.7 Å². The fourth-order valence-electron chi connectivity index (χ4n) is 4.56. The maximum Gasteiger partial charge on any atom is 0.211 e. The Morgan fingerprint density at radius 1 is 1.03 bits per heavy atom. The minimum absolute atomic E-state index is 0.0266. The molecule has 3 aromatic rings. The third-order valence-corrected chi connectivity index (χ3v) is 7.73. The SMILES string of the molecule is CS(=O)(=O)N1CCN(c2ccc(C3(c4cc5ncccn5n4)CCC3)cc2)CC1. The van der Waals surface area contributed by atoms with Gasteiger partial charge in [-0.2, -0.15) is 9.40 Å². The van der Waals surface area contributed by atoms with Crippen LogP contribution >= 0.6 is 0 Å². The van der Waals surface area contributed by atoms with E-state index in [1.54, 1.807) is 10.5 Å². The molecule has 1 saturated heterocycles. The number of sulfonamides is 1. The van der Waals surface area contributed by atoms with Crippen LogP contribution in [0.25, 0.3) is 5.65 Å². The largest absolute Gasteiger partial charge is 0.369 e. The van der Waals surface area contributed by atoms with E-state index < -0.39 is 10.0 Å². The Hall–Kier alpha value is -2.45. The summed E-state index contributed by atoms with van der Waals surface area (Å²) in [6.07, 6.45) is 8.43. The average molecular weight is 412 g/mol. The van der Waals surface area contributed by atoms with Crippen molar-refractivity contribution in [2.75, 3.05) is 37.3 Å². The molecule has 2 fully saturated rings. The molecule has 0 radical (unpaired) electrons. The normalized spacial score (nSPS) is 20.0. The number of fused-ring (bicyclic) bond motifs is 1. The van der Waals surface area contributed by atoms with Crippen LogP contribution in [0.15, 0.2) is 48.8 Å². The minimum Gasteiger partial charge on any atom is -0.369 e. The predicted octanol–water partition coefficient (Wildman–Crippen LogP) is 2.28. The van der Waals surface area contributed by atoms with Crippen LogP contribution in [0.5, 0.6) is 0 Å². The minimum atomic E-state index is -3.10. The van der Waals surface area contributed by atoms with E-state index in [-0.39, 0.29) is 5.41 Å². The standard InChI is InChI=1S/C21H25N5O2S/c1-29(27,28)25-14-12-24(13-15-25)18-6-4-17(5-7-18)21(8-2-9-21)19-16-20-22-10-3-11-26(20)23-19/h3-7,10-11,16H,2,8-9,12-15H2,1H3.